The first-order valence-electron chi connectivity index (χ1n) is 10.8. The smallest absolute Gasteiger partial charge is 0.274 e. The van der Waals surface area contributed by atoms with Crippen molar-refractivity contribution in [3.05, 3.63) is 80.5 Å². The summed E-state index contributed by atoms with van der Waals surface area (Å²) >= 11 is 6.64. The van der Waals surface area contributed by atoms with Gasteiger partial charge < -0.3 is 14.6 Å². The summed E-state index contributed by atoms with van der Waals surface area (Å²) in [6.07, 6.45) is 3.32. The van der Waals surface area contributed by atoms with Gasteiger partial charge in [0.05, 0.1) is 27.8 Å². The Labute approximate surface area is 200 Å². The van der Waals surface area contributed by atoms with E-state index in [2.05, 4.69) is 9.97 Å². The van der Waals surface area contributed by atoms with Gasteiger partial charge in [0.15, 0.2) is 0 Å². The lowest BCUT2D eigenvalue weighted by molar-refractivity contribution is 0.0751. The zero-order chi connectivity index (χ0) is 21.8. The van der Waals surface area contributed by atoms with Crippen molar-refractivity contribution >= 4 is 46.5 Å². The van der Waals surface area contributed by atoms with E-state index in [9.17, 15) is 9.59 Å². The van der Waals surface area contributed by atoms with Crippen molar-refractivity contribution in [2.45, 2.75) is 31.8 Å². The fourth-order valence-electron chi connectivity index (χ4n) is 4.87. The second kappa shape index (κ2) is 8.48. The first kappa shape index (κ1) is 21.9. The second-order valence-electron chi connectivity index (χ2n) is 8.46. The Hall–Kier alpha value is -2.87. The molecule has 0 unspecified atom stereocenters. The van der Waals surface area contributed by atoms with Crippen molar-refractivity contribution in [2.75, 3.05) is 13.2 Å². The zero-order valence-corrected chi connectivity index (χ0v) is 19.3. The molecule has 0 aliphatic carbocycles. The molecule has 1 N–H and O–H groups in total. The molecule has 7 nitrogen and oxygen atoms in total. The van der Waals surface area contributed by atoms with Crippen LogP contribution in [0.1, 0.15) is 46.1 Å². The Kier molecular flexibility index (Phi) is 5.64. The van der Waals surface area contributed by atoms with E-state index in [4.69, 9.17) is 16.3 Å². The predicted molar refractivity (Wildman–Crippen MR) is 128 cm³/mol. The summed E-state index contributed by atoms with van der Waals surface area (Å²) in [7, 11) is 0. The van der Waals surface area contributed by atoms with Gasteiger partial charge in [-0.05, 0) is 36.1 Å². The number of aromatic nitrogens is 3. The number of aromatic amines is 1. The molecule has 2 aromatic heterocycles. The molecule has 0 bridgehead atoms. The van der Waals surface area contributed by atoms with Gasteiger partial charge in [-0.1, -0.05) is 35.9 Å². The monoisotopic (exact) mass is 484 g/mol. The van der Waals surface area contributed by atoms with Gasteiger partial charge in [0.2, 0.25) is 0 Å². The normalized spacial score (nSPS) is 16.2. The lowest BCUT2D eigenvalue weighted by atomic mass is 9.99. The SMILES string of the molecule is Cl.O=C(c1cc2[nH]c(=O)c3cnc(C4CCOCC4)n3c2cc1Cl)N1Cc2ccccc2C1. The minimum absolute atomic E-state index is 0. The van der Waals surface area contributed by atoms with Gasteiger partial charge in [0.25, 0.3) is 11.5 Å². The van der Waals surface area contributed by atoms with Crippen LogP contribution in [0.3, 0.4) is 0 Å². The third kappa shape index (κ3) is 3.60. The number of amides is 1. The van der Waals surface area contributed by atoms with Gasteiger partial charge in [-0.3, -0.25) is 14.0 Å². The Morgan fingerprint density at radius 3 is 2.48 bits per heavy atom. The Bertz CT molecular complexity index is 1410. The van der Waals surface area contributed by atoms with Crippen molar-refractivity contribution in [3.63, 3.8) is 0 Å². The van der Waals surface area contributed by atoms with Crippen LogP contribution in [-0.4, -0.2) is 38.4 Å². The molecule has 1 fully saturated rings. The van der Waals surface area contributed by atoms with Gasteiger partial charge in [-0.25, -0.2) is 4.98 Å². The number of hydrogen-bond donors (Lipinski definition) is 1. The highest BCUT2D eigenvalue weighted by Gasteiger charge is 2.27. The Morgan fingerprint density at radius 1 is 1.09 bits per heavy atom. The summed E-state index contributed by atoms with van der Waals surface area (Å²) in [4.78, 5) is 35.4. The quantitative estimate of drug-likeness (QED) is 0.459. The van der Waals surface area contributed by atoms with Crippen LogP contribution < -0.4 is 5.56 Å². The number of imidazole rings is 1. The van der Waals surface area contributed by atoms with Crippen molar-refractivity contribution < 1.29 is 9.53 Å². The van der Waals surface area contributed by atoms with Gasteiger partial charge in [-0.15, -0.1) is 12.4 Å². The minimum Gasteiger partial charge on any atom is -0.381 e. The van der Waals surface area contributed by atoms with Crippen LogP contribution in [0.5, 0.6) is 0 Å². The molecule has 2 aliphatic rings. The first-order chi connectivity index (χ1) is 15.6. The third-order valence-electron chi connectivity index (χ3n) is 6.54. The highest BCUT2D eigenvalue weighted by Crippen LogP contribution is 2.31. The number of rotatable bonds is 2. The third-order valence-corrected chi connectivity index (χ3v) is 6.85. The number of halogens is 2. The maximum atomic E-state index is 13.3. The van der Waals surface area contributed by atoms with Crippen LogP contribution in [0.4, 0.5) is 0 Å². The molecule has 1 saturated heterocycles. The van der Waals surface area contributed by atoms with E-state index in [1.165, 1.54) is 0 Å². The molecule has 4 aromatic rings. The average molecular weight is 485 g/mol. The van der Waals surface area contributed by atoms with Crippen molar-refractivity contribution in [2.24, 2.45) is 0 Å². The minimum atomic E-state index is -0.238. The standard InChI is InChI=1S/C24H21ClN4O3.ClH/c25-18-10-20-19(9-17(18)24(31)28-12-15-3-1-2-4-16(15)13-28)27-23(30)21-11-26-22(29(20)21)14-5-7-32-8-6-14;/h1-4,9-11,14H,5-8,12-13H2,(H,27,30);1H. The van der Waals surface area contributed by atoms with Crippen LogP contribution in [0.15, 0.2) is 47.4 Å². The molecule has 1 amide bonds. The Balaban J connectivity index is 0.00000228. The largest absolute Gasteiger partial charge is 0.381 e. The second-order valence-corrected chi connectivity index (χ2v) is 8.86. The van der Waals surface area contributed by atoms with E-state index in [1.54, 1.807) is 23.2 Å². The van der Waals surface area contributed by atoms with Crippen LogP contribution in [0, 0.1) is 0 Å². The lowest BCUT2D eigenvalue weighted by Crippen LogP contribution is -2.26. The highest BCUT2D eigenvalue weighted by molar-refractivity contribution is 6.34. The maximum Gasteiger partial charge on any atom is 0.274 e. The van der Waals surface area contributed by atoms with Crippen molar-refractivity contribution in [1.82, 2.24) is 19.3 Å². The lowest BCUT2D eigenvalue weighted by Gasteiger charge is -2.21. The molecule has 0 saturated carbocycles. The molecular weight excluding hydrogens is 463 g/mol. The molecule has 0 atom stereocenters. The zero-order valence-electron chi connectivity index (χ0n) is 17.7. The molecule has 0 radical (unpaired) electrons. The number of H-pyrrole nitrogens is 1. The van der Waals surface area contributed by atoms with E-state index in [-0.39, 0.29) is 29.8 Å². The van der Waals surface area contributed by atoms with Crippen LogP contribution in [0.2, 0.25) is 5.02 Å². The topological polar surface area (TPSA) is 79.7 Å². The first-order valence-corrected chi connectivity index (χ1v) is 11.1. The van der Waals surface area contributed by atoms with E-state index in [0.717, 1.165) is 35.3 Å². The summed E-state index contributed by atoms with van der Waals surface area (Å²) in [5, 5.41) is 0.360. The van der Waals surface area contributed by atoms with Gasteiger partial charge >= 0.3 is 0 Å². The summed E-state index contributed by atoms with van der Waals surface area (Å²) in [5.41, 5.74) is 4.22. The van der Waals surface area contributed by atoms with E-state index in [1.807, 2.05) is 28.7 Å². The Morgan fingerprint density at radius 2 is 1.79 bits per heavy atom. The summed E-state index contributed by atoms with van der Waals surface area (Å²) in [6.45, 7) is 2.46. The number of benzene rings is 2. The van der Waals surface area contributed by atoms with Gasteiger partial charge in [-0.2, -0.15) is 0 Å². The number of carbonyl (C=O) groups is 1. The van der Waals surface area contributed by atoms with E-state index >= 15 is 0 Å². The van der Waals surface area contributed by atoms with Crippen LogP contribution in [-0.2, 0) is 17.8 Å². The van der Waals surface area contributed by atoms with Crippen molar-refractivity contribution in [1.29, 1.82) is 0 Å². The molecule has 9 heteroatoms. The molecule has 6 rings (SSSR count). The summed E-state index contributed by atoms with van der Waals surface area (Å²) < 4.78 is 7.37. The maximum absolute atomic E-state index is 13.3. The number of fused-ring (bicyclic) bond motifs is 4. The van der Waals surface area contributed by atoms with Crippen molar-refractivity contribution in [3.8, 4) is 0 Å². The number of carbonyl (C=O) groups excluding carboxylic acids is 1. The predicted octanol–water partition coefficient (Wildman–Crippen LogP) is 4.30. The molecule has 4 heterocycles. The van der Waals surface area contributed by atoms with Gasteiger partial charge in [0, 0.05) is 32.2 Å². The number of nitrogens with one attached hydrogen (secondary N) is 1. The summed E-state index contributed by atoms with van der Waals surface area (Å²) in [6, 6.07) is 11.5. The van der Waals surface area contributed by atoms with Crippen LogP contribution in [0.25, 0.3) is 16.6 Å². The van der Waals surface area contributed by atoms with E-state index in [0.29, 0.717) is 47.9 Å². The summed E-state index contributed by atoms with van der Waals surface area (Å²) in [5.74, 6) is 0.897. The van der Waals surface area contributed by atoms with Crippen LogP contribution >= 0.6 is 24.0 Å². The molecule has 170 valence electrons. The molecule has 0 spiro atoms. The number of nitrogens with zero attached hydrogens (tertiary/aromatic N) is 3. The molecule has 2 aromatic carbocycles. The number of ether oxygens (including phenoxy) is 1. The fourth-order valence-corrected chi connectivity index (χ4v) is 5.11. The molecule has 2 aliphatic heterocycles. The van der Waals surface area contributed by atoms with E-state index < -0.39 is 0 Å². The van der Waals surface area contributed by atoms with Gasteiger partial charge in [0.1, 0.15) is 11.3 Å². The highest BCUT2D eigenvalue weighted by atomic mass is 35.5. The average Bonchev–Trinajstić information content (AvgIpc) is 3.45. The fraction of sp³-hybridized carbons (Fsp3) is 0.292. The molecule has 33 heavy (non-hydrogen) atoms. The number of hydrogen-bond acceptors (Lipinski definition) is 4. The molecular formula is C24H22Cl2N4O3.